The molecule has 0 bridgehead atoms. The average Bonchev–Trinajstić information content (AvgIpc) is 2.80. The zero-order valence-corrected chi connectivity index (χ0v) is 19.3. The van der Waals surface area contributed by atoms with E-state index in [9.17, 15) is 13.2 Å². The van der Waals surface area contributed by atoms with Gasteiger partial charge in [-0.3, -0.25) is 4.79 Å². The maximum atomic E-state index is 12.4. The van der Waals surface area contributed by atoms with E-state index in [1.165, 1.54) is 27.3 Å². The first kappa shape index (κ1) is 23.6. The molecule has 3 rings (SSSR count). The molecule has 170 valence electrons. The van der Waals surface area contributed by atoms with Crippen molar-refractivity contribution in [3.63, 3.8) is 0 Å². The third-order valence-corrected chi connectivity index (χ3v) is 6.89. The summed E-state index contributed by atoms with van der Waals surface area (Å²) in [4.78, 5) is 12.5. The second-order valence-electron chi connectivity index (χ2n) is 7.44. The number of nitrogens with one attached hydrogen (secondary N) is 1. The molecule has 3 aromatic carbocycles. The van der Waals surface area contributed by atoms with E-state index in [4.69, 9.17) is 9.47 Å². The summed E-state index contributed by atoms with van der Waals surface area (Å²) < 4.78 is 37.1. The molecule has 0 spiro atoms. The van der Waals surface area contributed by atoms with Gasteiger partial charge in [0.15, 0.2) is 0 Å². The number of aryl methyl sites for hydroxylation is 1. The van der Waals surface area contributed by atoms with Gasteiger partial charge in [-0.1, -0.05) is 36.4 Å². The number of carbonyl (C=O) groups is 1. The van der Waals surface area contributed by atoms with Crippen LogP contribution in [-0.4, -0.2) is 53.0 Å². The van der Waals surface area contributed by atoms with E-state index < -0.39 is 10.0 Å². The monoisotopic (exact) mass is 456 g/mol. The highest BCUT2D eigenvalue weighted by atomic mass is 32.2. The van der Waals surface area contributed by atoms with Crippen LogP contribution in [0.1, 0.15) is 12.0 Å². The van der Waals surface area contributed by atoms with Crippen LogP contribution < -0.4 is 14.8 Å². The van der Waals surface area contributed by atoms with Gasteiger partial charge in [0.2, 0.25) is 15.9 Å². The minimum absolute atomic E-state index is 0.144. The maximum Gasteiger partial charge on any atom is 0.242 e. The number of methoxy groups -OCH3 is 1. The molecule has 1 amide bonds. The third-order valence-electron chi connectivity index (χ3n) is 5.08. The van der Waals surface area contributed by atoms with Gasteiger partial charge >= 0.3 is 0 Å². The molecule has 0 aromatic heterocycles. The zero-order chi connectivity index (χ0) is 23.1. The molecule has 0 saturated heterocycles. The number of ether oxygens (including phenoxy) is 2. The Kier molecular flexibility index (Phi) is 7.71. The van der Waals surface area contributed by atoms with Crippen molar-refractivity contribution in [1.82, 2.24) is 9.62 Å². The van der Waals surface area contributed by atoms with E-state index in [1.54, 1.807) is 12.1 Å². The van der Waals surface area contributed by atoms with Gasteiger partial charge in [-0.2, -0.15) is 0 Å². The summed E-state index contributed by atoms with van der Waals surface area (Å²) in [6.07, 6.45) is 0.562. The Hall–Kier alpha value is -3.10. The van der Waals surface area contributed by atoms with Gasteiger partial charge in [0.1, 0.15) is 18.1 Å². The Balaban J connectivity index is 1.53. The fourth-order valence-corrected chi connectivity index (χ4v) is 4.28. The summed E-state index contributed by atoms with van der Waals surface area (Å²) in [6, 6.07) is 18.5. The molecule has 8 heteroatoms. The summed E-state index contributed by atoms with van der Waals surface area (Å²) in [6.45, 7) is 0.716. The first-order valence-electron chi connectivity index (χ1n) is 10.3. The quantitative estimate of drug-likeness (QED) is 0.474. The summed E-state index contributed by atoms with van der Waals surface area (Å²) in [5.41, 5.74) is 0.664. The zero-order valence-electron chi connectivity index (χ0n) is 18.5. The number of amides is 1. The summed E-state index contributed by atoms with van der Waals surface area (Å²) >= 11 is 0. The van der Waals surface area contributed by atoms with Crippen molar-refractivity contribution in [2.45, 2.75) is 17.7 Å². The lowest BCUT2D eigenvalue weighted by Crippen LogP contribution is -2.28. The van der Waals surface area contributed by atoms with Crippen molar-refractivity contribution in [2.24, 2.45) is 0 Å². The van der Waals surface area contributed by atoms with Crippen LogP contribution in [0.15, 0.2) is 65.6 Å². The van der Waals surface area contributed by atoms with Gasteiger partial charge in [0.05, 0.1) is 18.6 Å². The molecule has 0 aliphatic heterocycles. The van der Waals surface area contributed by atoms with Crippen molar-refractivity contribution in [3.05, 3.63) is 66.2 Å². The first-order chi connectivity index (χ1) is 15.3. The predicted molar refractivity (Wildman–Crippen MR) is 125 cm³/mol. The van der Waals surface area contributed by atoms with E-state index in [0.29, 0.717) is 30.9 Å². The fourth-order valence-electron chi connectivity index (χ4n) is 3.33. The average molecular weight is 457 g/mol. The van der Waals surface area contributed by atoms with Gasteiger partial charge < -0.3 is 14.8 Å². The molecule has 0 heterocycles. The smallest absolute Gasteiger partial charge is 0.242 e. The van der Waals surface area contributed by atoms with Crippen molar-refractivity contribution in [2.75, 3.05) is 34.4 Å². The van der Waals surface area contributed by atoms with E-state index in [-0.39, 0.29) is 17.2 Å². The lowest BCUT2D eigenvalue weighted by Gasteiger charge is -2.14. The Morgan fingerprint density at radius 1 is 1.00 bits per heavy atom. The Morgan fingerprint density at radius 2 is 1.75 bits per heavy atom. The van der Waals surface area contributed by atoms with Crippen molar-refractivity contribution < 1.29 is 22.7 Å². The summed E-state index contributed by atoms with van der Waals surface area (Å²) in [7, 11) is 0.914. The molecule has 0 fully saturated rings. The van der Waals surface area contributed by atoms with Crippen LogP contribution in [0.2, 0.25) is 0 Å². The van der Waals surface area contributed by atoms with E-state index in [1.807, 2.05) is 42.5 Å². The third kappa shape index (κ3) is 5.57. The first-order valence-corrected chi connectivity index (χ1v) is 11.7. The second kappa shape index (κ2) is 10.5. The van der Waals surface area contributed by atoms with Gasteiger partial charge in [-0.15, -0.1) is 0 Å². The van der Waals surface area contributed by atoms with Gasteiger partial charge in [-0.05, 0) is 41.6 Å². The molecule has 1 N–H and O–H groups in total. The molecule has 32 heavy (non-hydrogen) atoms. The maximum absolute atomic E-state index is 12.4. The molecule has 7 nitrogen and oxygen atoms in total. The van der Waals surface area contributed by atoms with E-state index in [2.05, 4.69) is 5.32 Å². The number of hydrogen-bond donors (Lipinski definition) is 1. The molecule has 0 radical (unpaired) electrons. The van der Waals surface area contributed by atoms with E-state index >= 15 is 0 Å². The van der Waals surface area contributed by atoms with Gasteiger partial charge in [0, 0.05) is 25.9 Å². The summed E-state index contributed by atoms with van der Waals surface area (Å²) in [5.74, 6) is 1.19. The summed E-state index contributed by atoms with van der Waals surface area (Å²) in [5, 5.41) is 4.97. The number of nitrogens with zero attached hydrogens (tertiary/aromatic N) is 1. The van der Waals surface area contributed by atoms with Crippen molar-refractivity contribution >= 4 is 26.7 Å². The van der Waals surface area contributed by atoms with E-state index in [0.717, 1.165) is 20.8 Å². The molecule has 0 aliphatic carbocycles. The Morgan fingerprint density at radius 3 is 2.50 bits per heavy atom. The normalized spacial score (nSPS) is 11.5. The molecular formula is C24H28N2O5S. The van der Waals surface area contributed by atoms with Crippen LogP contribution in [0.4, 0.5) is 0 Å². The standard InChI is InChI=1S/C24H28N2O5S/c1-26(2)32(28,29)20-12-13-22(30-3)19(17-20)11-14-24(27)25-15-16-31-23-10-6-8-18-7-4-5-9-21(18)23/h4-10,12-13,17H,11,14-16H2,1-3H3,(H,25,27). The van der Waals surface area contributed by atoms with Crippen LogP contribution in [0.5, 0.6) is 11.5 Å². The SMILES string of the molecule is COc1ccc(S(=O)(=O)N(C)C)cc1CCC(=O)NCCOc1cccc2ccccc12. The van der Waals surface area contributed by atoms with Crippen molar-refractivity contribution in [1.29, 1.82) is 0 Å². The van der Waals surface area contributed by atoms with Crippen LogP contribution >= 0.6 is 0 Å². The lowest BCUT2D eigenvalue weighted by molar-refractivity contribution is -0.121. The number of hydrogen-bond acceptors (Lipinski definition) is 5. The second-order valence-corrected chi connectivity index (χ2v) is 9.59. The highest BCUT2D eigenvalue weighted by Gasteiger charge is 2.19. The molecular weight excluding hydrogens is 428 g/mol. The number of benzene rings is 3. The largest absolute Gasteiger partial charge is 0.496 e. The molecule has 0 aliphatic rings. The van der Waals surface area contributed by atoms with Crippen molar-refractivity contribution in [3.8, 4) is 11.5 Å². The minimum atomic E-state index is -3.56. The number of rotatable bonds is 10. The molecule has 0 atom stereocenters. The number of sulfonamides is 1. The Bertz CT molecular complexity index is 1190. The molecule has 0 unspecified atom stereocenters. The molecule has 3 aromatic rings. The van der Waals surface area contributed by atoms with Crippen LogP contribution in [-0.2, 0) is 21.2 Å². The van der Waals surface area contributed by atoms with Gasteiger partial charge in [0.25, 0.3) is 0 Å². The molecule has 0 saturated carbocycles. The highest BCUT2D eigenvalue weighted by molar-refractivity contribution is 7.89. The topological polar surface area (TPSA) is 84.9 Å². The fraction of sp³-hybridized carbons (Fsp3) is 0.292. The lowest BCUT2D eigenvalue weighted by atomic mass is 10.1. The number of carbonyl (C=O) groups excluding carboxylic acids is 1. The van der Waals surface area contributed by atoms with Crippen LogP contribution in [0, 0.1) is 0 Å². The van der Waals surface area contributed by atoms with Crippen LogP contribution in [0.25, 0.3) is 10.8 Å². The Labute approximate surface area is 189 Å². The minimum Gasteiger partial charge on any atom is -0.496 e. The van der Waals surface area contributed by atoms with Gasteiger partial charge in [-0.25, -0.2) is 12.7 Å². The predicted octanol–water partition coefficient (Wildman–Crippen LogP) is 3.23. The highest BCUT2D eigenvalue weighted by Crippen LogP contribution is 2.26. The van der Waals surface area contributed by atoms with Crippen LogP contribution in [0.3, 0.4) is 0 Å². The number of fused-ring (bicyclic) bond motifs is 1.